The molecule has 1 aromatic heterocycles. The van der Waals surface area contributed by atoms with E-state index >= 15 is 0 Å². The Morgan fingerprint density at radius 1 is 1.62 bits per heavy atom. The highest BCUT2D eigenvalue weighted by Gasteiger charge is 1.96. The first-order chi connectivity index (χ1) is 6.18. The van der Waals surface area contributed by atoms with Crippen molar-refractivity contribution in [2.24, 2.45) is 0 Å². The fraction of sp³-hybridized carbons (Fsp3) is 0.250. The van der Waals surface area contributed by atoms with Gasteiger partial charge in [0.1, 0.15) is 0 Å². The maximum absolute atomic E-state index is 10.4. The molecule has 5 heteroatoms. The highest BCUT2D eigenvalue weighted by atomic mass is 79.9. The zero-order valence-corrected chi connectivity index (χ0v) is 8.58. The lowest BCUT2D eigenvalue weighted by molar-refractivity contribution is -0.147. The quantitative estimate of drug-likeness (QED) is 0.602. The normalized spacial score (nSPS) is 9.38. The molecule has 0 saturated carbocycles. The van der Waals surface area contributed by atoms with Crippen LogP contribution in [0.2, 0.25) is 0 Å². The van der Waals surface area contributed by atoms with Gasteiger partial charge in [0.15, 0.2) is 0 Å². The second-order valence-corrected chi connectivity index (χ2v) is 3.13. The molecular weight excluding hydrogens is 238 g/mol. The molecule has 4 nitrogen and oxygen atoms in total. The van der Waals surface area contributed by atoms with Crippen LogP contribution in [0, 0.1) is 0 Å². The van der Waals surface area contributed by atoms with Crippen molar-refractivity contribution in [3.05, 3.63) is 22.8 Å². The molecule has 0 aliphatic rings. The number of rotatable bonds is 3. The van der Waals surface area contributed by atoms with Gasteiger partial charge in [-0.1, -0.05) is 0 Å². The SMILES string of the molecule is CC(=O)OCOc1ccc(Br)cn1. The summed E-state index contributed by atoms with van der Waals surface area (Å²) >= 11 is 3.23. The molecule has 70 valence electrons. The molecule has 0 atom stereocenters. The summed E-state index contributed by atoms with van der Waals surface area (Å²) in [4.78, 5) is 14.3. The zero-order valence-electron chi connectivity index (χ0n) is 6.99. The number of nitrogens with zero attached hydrogens (tertiary/aromatic N) is 1. The van der Waals surface area contributed by atoms with Gasteiger partial charge in [-0.25, -0.2) is 4.98 Å². The van der Waals surface area contributed by atoms with Gasteiger partial charge in [-0.3, -0.25) is 4.79 Å². The molecule has 1 rings (SSSR count). The van der Waals surface area contributed by atoms with Crippen LogP contribution in [0.4, 0.5) is 0 Å². The third kappa shape index (κ3) is 3.89. The predicted molar refractivity (Wildman–Crippen MR) is 49.2 cm³/mol. The highest BCUT2D eigenvalue weighted by Crippen LogP contribution is 2.11. The van der Waals surface area contributed by atoms with Gasteiger partial charge in [-0.15, -0.1) is 0 Å². The van der Waals surface area contributed by atoms with Crippen LogP contribution < -0.4 is 4.74 Å². The van der Waals surface area contributed by atoms with Gasteiger partial charge in [0.2, 0.25) is 12.7 Å². The number of hydrogen-bond donors (Lipinski definition) is 0. The van der Waals surface area contributed by atoms with E-state index in [1.165, 1.54) is 6.92 Å². The Balaban J connectivity index is 2.37. The largest absolute Gasteiger partial charge is 0.440 e. The van der Waals surface area contributed by atoms with E-state index in [9.17, 15) is 4.79 Å². The van der Waals surface area contributed by atoms with Crippen LogP contribution in [0.25, 0.3) is 0 Å². The standard InChI is InChI=1S/C8H8BrNO3/c1-6(11)12-5-13-8-3-2-7(9)4-10-8/h2-4H,5H2,1H3. The summed E-state index contributed by atoms with van der Waals surface area (Å²) in [5.41, 5.74) is 0. The number of carbonyl (C=O) groups excluding carboxylic acids is 1. The minimum Gasteiger partial charge on any atom is -0.440 e. The Hall–Kier alpha value is -1.10. The highest BCUT2D eigenvalue weighted by molar-refractivity contribution is 9.10. The van der Waals surface area contributed by atoms with Crippen LogP contribution >= 0.6 is 15.9 Å². The molecular formula is C8H8BrNO3. The molecule has 0 aliphatic heterocycles. The molecule has 0 radical (unpaired) electrons. The van der Waals surface area contributed by atoms with Crippen molar-refractivity contribution in [2.45, 2.75) is 6.92 Å². The van der Waals surface area contributed by atoms with Crippen molar-refractivity contribution in [2.75, 3.05) is 6.79 Å². The van der Waals surface area contributed by atoms with E-state index in [4.69, 9.17) is 4.74 Å². The van der Waals surface area contributed by atoms with E-state index in [2.05, 4.69) is 25.7 Å². The molecule has 0 aliphatic carbocycles. The molecule has 0 unspecified atom stereocenters. The number of hydrogen-bond acceptors (Lipinski definition) is 4. The topological polar surface area (TPSA) is 48.4 Å². The minimum absolute atomic E-state index is 0.107. The van der Waals surface area contributed by atoms with E-state index in [1.54, 1.807) is 18.3 Å². The fourth-order valence-corrected chi connectivity index (χ4v) is 0.855. The third-order valence-electron chi connectivity index (χ3n) is 1.17. The van der Waals surface area contributed by atoms with Crippen LogP contribution in [-0.2, 0) is 9.53 Å². The fourth-order valence-electron chi connectivity index (χ4n) is 0.620. The van der Waals surface area contributed by atoms with Crippen molar-refractivity contribution in [3.63, 3.8) is 0 Å². The van der Waals surface area contributed by atoms with Gasteiger partial charge in [-0.2, -0.15) is 0 Å². The second-order valence-electron chi connectivity index (χ2n) is 2.21. The summed E-state index contributed by atoms with van der Waals surface area (Å²) < 4.78 is 10.4. The molecule has 13 heavy (non-hydrogen) atoms. The van der Waals surface area contributed by atoms with Crippen molar-refractivity contribution >= 4 is 21.9 Å². The van der Waals surface area contributed by atoms with Crippen LogP contribution in [0.15, 0.2) is 22.8 Å². The second kappa shape index (κ2) is 4.81. The Labute approximate surface area is 84.0 Å². The van der Waals surface area contributed by atoms with Gasteiger partial charge in [0, 0.05) is 23.7 Å². The van der Waals surface area contributed by atoms with Crippen molar-refractivity contribution < 1.29 is 14.3 Å². The smallest absolute Gasteiger partial charge is 0.305 e. The van der Waals surface area contributed by atoms with Crippen LogP contribution in [0.3, 0.4) is 0 Å². The van der Waals surface area contributed by atoms with Crippen molar-refractivity contribution in [1.29, 1.82) is 0 Å². The Bertz CT molecular complexity index is 286. The molecule has 1 heterocycles. The Kier molecular flexibility index (Phi) is 3.70. The molecule has 0 aromatic carbocycles. The summed E-state index contributed by atoms with van der Waals surface area (Å²) in [7, 11) is 0. The number of pyridine rings is 1. The summed E-state index contributed by atoms with van der Waals surface area (Å²) in [5.74, 6) is 0.0431. The lowest BCUT2D eigenvalue weighted by Crippen LogP contribution is -2.07. The number of halogens is 1. The first-order valence-electron chi connectivity index (χ1n) is 3.56. The van der Waals surface area contributed by atoms with Crippen molar-refractivity contribution in [1.82, 2.24) is 4.98 Å². The van der Waals surface area contributed by atoms with Crippen molar-refractivity contribution in [3.8, 4) is 5.88 Å². The van der Waals surface area contributed by atoms with Gasteiger partial charge in [0.25, 0.3) is 0 Å². The lowest BCUT2D eigenvalue weighted by atomic mass is 10.5. The van der Waals surface area contributed by atoms with Gasteiger partial charge >= 0.3 is 5.97 Å². The first-order valence-corrected chi connectivity index (χ1v) is 4.35. The average Bonchev–Trinajstić information content (AvgIpc) is 2.08. The maximum atomic E-state index is 10.4. The maximum Gasteiger partial charge on any atom is 0.305 e. The number of aromatic nitrogens is 1. The molecule has 0 amide bonds. The number of carbonyl (C=O) groups is 1. The van der Waals surface area contributed by atoms with Crippen LogP contribution in [0.5, 0.6) is 5.88 Å². The first kappa shape index (κ1) is 9.98. The minimum atomic E-state index is -0.378. The number of ether oxygens (including phenoxy) is 2. The summed E-state index contributed by atoms with van der Waals surface area (Å²) in [6, 6.07) is 3.46. The number of esters is 1. The van der Waals surface area contributed by atoms with Crippen LogP contribution in [-0.4, -0.2) is 17.7 Å². The Morgan fingerprint density at radius 2 is 2.38 bits per heavy atom. The van der Waals surface area contributed by atoms with E-state index < -0.39 is 0 Å². The third-order valence-corrected chi connectivity index (χ3v) is 1.64. The van der Waals surface area contributed by atoms with Gasteiger partial charge < -0.3 is 9.47 Å². The Morgan fingerprint density at radius 3 is 2.92 bits per heavy atom. The van der Waals surface area contributed by atoms with Gasteiger partial charge in [0.05, 0.1) is 0 Å². The molecule has 1 aromatic rings. The molecule has 0 fully saturated rings. The van der Waals surface area contributed by atoms with Crippen LogP contribution in [0.1, 0.15) is 6.92 Å². The monoisotopic (exact) mass is 245 g/mol. The molecule has 0 spiro atoms. The summed E-state index contributed by atoms with van der Waals surface area (Å²) in [5, 5.41) is 0. The molecule has 0 saturated heterocycles. The van der Waals surface area contributed by atoms with E-state index in [0.29, 0.717) is 5.88 Å². The average molecular weight is 246 g/mol. The van der Waals surface area contributed by atoms with E-state index in [0.717, 1.165) is 4.47 Å². The van der Waals surface area contributed by atoms with Gasteiger partial charge in [-0.05, 0) is 22.0 Å². The zero-order chi connectivity index (χ0) is 9.68. The molecule has 0 N–H and O–H groups in total. The van der Waals surface area contributed by atoms with E-state index in [-0.39, 0.29) is 12.8 Å². The summed E-state index contributed by atoms with van der Waals surface area (Å²) in [6.45, 7) is 1.21. The molecule has 0 bridgehead atoms. The summed E-state index contributed by atoms with van der Waals surface area (Å²) in [6.07, 6.45) is 1.60. The predicted octanol–water partition coefficient (Wildman–Crippen LogP) is 1.74. The van der Waals surface area contributed by atoms with E-state index in [1.807, 2.05) is 0 Å². The lowest BCUT2D eigenvalue weighted by Gasteiger charge is -2.03.